The van der Waals surface area contributed by atoms with Crippen LogP contribution in [0.3, 0.4) is 0 Å². The normalized spacial score (nSPS) is 12.3. The highest BCUT2D eigenvalue weighted by Crippen LogP contribution is 2.26. The van der Waals surface area contributed by atoms with Gasteiger partial charge in [0, 0.05) is 22.0 Å². The molecule has 1 aromatic carbocycles. The Morgan fingerprint density at radius 3 is 2.85 bits per heavy atom. The molecule has 1 atom stereocenters. The highest BCUT2D eigenvalue weighted by molar-refractivity contribution is 7.09. The lowest BCUT2D eigenvalue weighted by Gasteiger charge is -2.13. The van der Waals surface area contributed by atoms with Crippen LogP contribution in [0.15, 0.2) is 40.5 Å². The number of benzene rings is 1. The van der Waals surface area contributed by atoms with Crippen LogP contribution in [0, 0.1) is 6.92 Å². The molecule has 2 aromatic heterocycles. The number of aryl methyl sites for hydroxylation is 1. The lowest BCUT2D eigenvalue weighted by molar-refractivity contribution is 0.850. The van der Waals surface area contributed by atoms with E-state index in [-0.39, 0.29) is 6.04 Å². The van der Waals surface area contributed by atoms with Gasteiger partial charge in [0.1, 0.15) is 0 Å². The van der Waals surface area contributed by atoms with Gasteiger partial charge in [-0.3, -0.25) is 0 Å². The van der Waals surface area contributed by atoms with Crippen LogP contribution in [-0.2, 0) is 0 Å². The molecule has 1 N–H and O–H groups in total. The Hall–Kier alpha value is -1.72. The standard InChI is InChI=1S/C15H15N3S2/c1-10(14-7-19-9-16-14)17-13-5-3-4-12(6-13)15-8-20-11(2)18-15/h3-10,17H,1-2H3. The first-order valence-corrected chi connectivity index (χ1v) is 8.22. The van der Waals surface area contributed by atoms with Crippen molar-refractivity contribution in [1.82, 2.24) is 9.97 Å². The predicted octanol–water partition coefficient (Wildman–Crippen LogP) is 4.75. The van der Waals surface area contributed by atoms with E-state index in [1.54, 1.807) is 22.7 Å². The Balaban J connectivity index is 1.81. The molecule has 0 aliphatic carbocycles. The van der Waals surface area contributed by atoms with Crippen molar-refractivity contribution in [2.45, 2.75) is 19.9 Å². The molecule has 5 heteroatoms. The Labute approximate surface area is 126 Å². The molecule has 3 nitrogen and oxygen atoms in total. The van der Waals surface area contributed by atoms with Gasteiger partial charge in [0.15, 0.2) is 0 Å². The molecule has 0 saturated carbocycles. The molecule has 0 saturated heterocycles. The Bertz CT molecular complexity index is 689. The SMILES string of the molecule is Cc1nc(-c2cccc(NC(C)c3cscn3)c2)cs1. The van der Waals surface area contributed by atoms with Gasteiger partial charge in [0.05, 0.1) is 27.9 Å². The topological polar surface area (TPSA) is 37.8 Å². The number of hydrogen-bond acceptors (Lipinski definition) is 5. The number of nitrogens with zero attached hydrogens (tertiary/aromatic N) is 2. The highest BCUT2D eigenvalue weighted by atomic mass is 32.1. The van der Waals surface area contributed by atoms with E-state index >= 15 is 0 Å². The summed E-state index contributed by atoms with van der Waals surface area (Å²) >= 11 is 3.30. The van der Waals surface area contributed by atoms with Gasteiger partial charge in [-0.1, -0.05) is 12.1 Å². The molecular weight excluding hydrogens is 286 g/mol. The summed E-state index contributed by atoms with van der Waals surface area (Å²) in [6, 6.07) is 8.56. The van der Waals surface area contributed by atoms with Crippen LogP contribution < -0.4 is 5.32 Å². The summed E-state index contributed by atoms with van der Waals surface area (Å²) in [6.45, 7) is 4.15. The summed E-state index contributed by atoms with van der Waals surface area (Å²) in [7, 11) is 0. The van der Waals surface area contributed by atoms with Gasteiger partial charge in [-0.25, -0.2) is 9.97 Å². The van der Waals surface area contributed by atoms with E-state index < -0.39 is 0 Å². The number of thiazole rings is 2. The van der Waals surface area contributed by atoms with Crippen LogP contribution >= 0.6 is 22.7 Å². The fourth-order valence-electron chi connectivity index (χ4n) is 2.02. The minimum atomic E-state index is 0.202. The van der Waals surface area contributed by atoms with E-state index in [9.17, 15) is 0 Å². The molecule has 0 radical (unpaired) electrons. The minimum absolute atomic E-state index is 0.202. The maximum absolute atomic E-state index is 4.53. The first-order chi connectivity index (χ1) is 9.72. The monoisotopic (exact) mass is 301 g/mol. The van der Waals surface area contributed by atoms with E-state index in [0.717, 1.165) is 27.6 Å². The Morgan fingerprint density at radius 1 is 1.25 bits per heavy atom. The van der Waals surface area contributed by atoms with Crippen molar-refractivity contribution in [1.29, 1.82) is 0 Å². The fraction of sp³-hybridized carbons (Fsp3) is 0.200. The van der Waals surface area contributed by atoms with Crippen LogP contribution in [0.5, 0.6) is 0 Å². The fourth-order valence-corrected chi connectivity index (χ4v) is 3.29. The number of rotatable bonds is 4. The first-order valence-electron chi connectivity index (χ1n) is 6.39. The third-order valence-corrected chi connectivity index (χ3v) is 4.43. The van der Waals surface area contributed by atoms with Crippen molar-refractivity contribution in [2.24, 2.45) is 0 Å². The molecule has 102 valence electrons. The van der Waals surface area contributed by atoms with Crippen molar-refractivity contribution >= 4 is 28.4 Å². The number of hydrogen-bond donors (Lipinski definition) is 1. The number of aromatic nitrogens is 2. The van der Waals surface area contributed by atoms with Crippen LogP contribution in [0.4, 0.5) is 5.69 Å². The van der Waals surface area contributed by atoms with Gasteiger partial charge in [-0.15, -0.1) is 22.7 Å². The molecule has 0 aliphatic rings. The zero-order chi connectivity index (χ0) is 13.9. The second kappa shape index (κ2) is 5.73. The maximum Gasteiger partial charge on any atom is 0.0901 e. The largest absolute Gasteiger partial charge is 0.377 e. The van der Waals surface area contributed by atoms with E-state index in [2.05, 4.69) is 57.2 Å². The lowest BCUT2D eigenvalue weighted by Crippen LogP contribution is -2.06. The van der Waals surface area contributed by atoms with Crippen molar-refractivity contribution in [2.75, 3.05) is 5.32 Å². The molecule has 0 fully saturated rings. The van der Waals surface area contributed by atoms with E-state index in [0.29, 0.717) is 0 Å². The van der Waals surface area contributed by atoms with Crippen LogP contribution in [-0.4, -0.2) is 9.97 Å². The van der Waals surface area contributed by atoms with Gasteiger partial charge in [0.25, 0.3) is 0 Å². The highest BCUT2D eigenvalue weighted by Gasteiger charge is 2.08. The molecular formula is C15H15N3S2. The second-order valence-electron chi connectivity index (χ2n) is 4.61. The van der Waals surface area contributed by atoms with E-state index in [1.807, 2.05) is 12.4 Å². The van der Waals surface area contributed by atoms with Crippen LogP contribution in [0.1, 0.15) is 23.7 Å². The molecule has 0 aliphatic heterocycles. The third-order valence-electron chi connectivity index (χ3n) is 3.06. The summed E-state index contributed by atoms with van der Waals surface area (Å²) in [5.41, 5.74) is 6.21. The molecule has 0 amide bonds. The van der Waals surface area contributed by atoms with Gasteiger partial charge < -0.3 is 5.32 Å². The number of anilines is 1. The average Bonchev–Trinajstić information content (AvgIpc) is 3.10. The van der Waals surface area contributed by atoms with Gasteiger partial charge in [-0.05, 0) is 26.0 Å². The Morgan fingerprint density at radius 2 is 2.15 bits per heavy atom. The minimum Gasteiger partial charge on any atom is -0.377 e. The molecule has 3 aromatic rings. The lowest BCUT2D eigenvalue weighted by atomic mass is 10.1. The van der Waals surface area contributed by atoms with Crippen molar-refractivity contribution in [3.63, 3.8) is 0 Å². The summed E-state index contributed by atoms with van der Waals surface area (Å²) < 4.78 is 0. The molecule has 0 spiro atoms. The van der Waals surface area contributed by atoms with Crippen LogP contribution in [0.25, 0.3) is 11.3 Å². The zero-order valence-corrected chi connectivity index (χ0v) is 13.0. The number of nitrogens with one attached hydrogen (secondary N) is 1. The molecule has 1 unspecified atom stereocenters. The van der Waals surface area contributed by atoms with Gasteiger partial charge >= 0.3 is 0 Å². The Kier molecular flexibility index (Phi) is 3.80. The first kappa shape index (κ1) is 13.3. The summed E-state index contributed by atoms with van der Waals surface area (Å²) in [6.07, 6.45) is 0. The second-order valence-corrected chi connectivity index (χ2v) is 6.39. The smallest absolute Gasteiger partial charge is 0.0901 e. The molecule has 3 rings (SSSR count). The zero-order valence-electron chi connectivity index (χ0n) is 11.3. The van der Waals surface area contributed by atoms with E-state index in [4.69, 9.17) is 0 Å². The maximum atomic E-state index is 4.53. The third kappa shape index (κ3) is 2.89. The van der Waals surface area contributed by atoms with Crippen LogP contribution in [0.2, 0.25) is 0 Å². The van der Waals surface area contributed by atoms with Crippen molar-refractivity contribution in [3.05, 3.63) is 51.2 Å². The summed E-state index contributed by atoms with van der Waals surface area (Å²) in [4.78, 5) is 8.87. The van der Waals surface area contributed by atoms with Crippen molar-refractivity contribution < 1.29 is 0 Å². The van der Waals surface area contributed by atoms with E-state index in [1.165, 1.54) is 0 Å². The average molecular weight is 301 g/mol. The van der Waals surface area contributed by atoms with Crippen molar-refractivity contribution in [3.8, 4) is 11.3 Å². The van der Waals surface area contributed by atoms with Gasteiger partial charge in [-0.2, -0.15) is 0 Å². The summed E-state index contributed by atoms with van der Waals surface area (Å²) in [5, 5.41) is 8.74. The summed E-state index contributed by atoms with van der Waals surface area (Å²) in [5.74, 6) is 0. The molecule has 20 heavy (non-hydrogen) atoms. The quantitative estimate of drug-likeness (QED) is 0.755. The van der Waals surface area contributed by atoms with Gasteiger partial charge in [0.2, 0.25) is 0 Å². The molecule has 2 heterocycles. The predicted molar refractivity (Wildman–Crippen MR) is 86.4 cm³/mol. The molecule has 0 bridgehead atoms.